The Bertz CT molecular complexity index is 469. The van der Waals surface area contributed by atoms with E-state index < -0.39 is 26.0 Å². The molecule has 0 saturated carbocycles. The molecule has 0 aliphatic heterocycles. The highest BCUT2D eigenvalue weighted by atomic mass is 79.9. The van der Waals surface area contributed by atoms with Crippen LogP contribution in [0.1, 0.15) is 25.7 Å². The van der Waals surface area contributed by atoms with E-state index in [4.69, 9.17) is 9.47 Å². The molecule has 0 atom stereocenters. The summed E-state index contributed by atoms with van der Waals surface area (Å²) in [6.07, 6.45) is -0.824. The predicted molar refractivity (Wildman–Crippen MR) is 83.0 cm³/mol. The summed E-state index contributed by atoms with van der Waals surface area (Å²) in [5.74, 6) is -1.06. The van der Waals surface area contributed by atoms with Crippen molar-refractivity contribution in [1.29, 1.82) is 0 Å². The molecule has 0 N–H and O–H groups in total. The largest absolute Gasteiger partial charge is 0.349 e. The molecule has 0 aromatic heterocycles. The van der Waals surface area contributed by atoms with E-state index in [1.807, 2.05) is 19.6 Å². The third-order valence-electron chi connectivity index (χ3n) is 2.83. The average Bonchev–Trinajstić information content (AvgIpc) is 2.26. The second-order valence-corrected chi connectivity index (χ2v) is 11.3. The van der Waals surface area contributed by atoms with Crippen LogP contribution in [0.15, 0.2) is 10.5 Å². The van der Waals surface area contributed by atoms with Gasteiger partial charge in [-0.1, -0.05) is 35.6 Å². The molecule has 0 bridgehead atoms. The molecule has 2 nitrogen and oxygen atoms in total. The van der Waals surface area contributed by atoms with E-state index in [1.165, 1.54) is 6.07 Å². The normalized spacial score (nSPS) is 12.2. The van der Waals surface area contributed by atoms with Gasteiger partial charge in [0.25, 0.3) is 0 Å². The summed E-state index contributed by atoms with van der Waals surface area (Å²) in [5, 5.41) is 0.181. The highest BCUT2D eigenvalue weighted by molar-refractivity contribution is 9.10. The van der Waals surface area contributed by atoms with Gasteiger partial charge in [-0.25, -0.2) is 8.78 Å². The van der Waals surface area contributed by atoms with E-state index >= 15 is 0 Å². The standard InChI is InChI=1S/C14H21BrF2O2Si/c1-6-18-14(19-7-2)11-9(15)8-10(16)13(12(11)17)20(3,4)5/h8,14H,6-7H2,1-5H3. The first-order valence-corrected chi connectivity index (χ1v) is 10.9. The van der Waals surface area contributed by atoms with Crippen LogP contribution in [0.25, 0.3) is 0 Å². The van der Waals surface area contributed by atoms with Gasteiger partial charge >= 0.3 is 0 Å². The molecule has 0 heterocycles. The maximum Gasteiger partial charge on any atom is 0.187 e. The molecular formula is C14H21BrF2O2Si. The third-order valence-corrected chi connectivity index (χ3v) is 5.44. The van der Waals surface area contributed by atoms with Crippen molar-refractivity contribution in [2.24, 2.45) is 0 Å². The Labute approximate surface area is 128 Å². The van der Waals surface area contributed by atoms with Gasteiger partial charge in [-0.3, -0.25) is 0 Å². The Kier molecular flexibility index (Phi) is 6.31. The Morgan fingerprint density at radius 3 is 2.05 bits per heavy atom. The first kappa shape index (κ1) is 17.7. The number of rotatable bonds is 6. The van der Waals surface area contributed by atoms with Gasteiger partial charge in [0.1, 0.15) is 11.6 Å². The van der Waals surface area contributed by atoms with E-state index in [1.54, 1.807) is 13.8 Å². The molecule has 1 rings (SSSR count). The van der Waals surface area contributed by atoms with Crippen LogP contribution in [0, 0.1) is 11.6 Å². The molecule has 114 valence electrons. The lowest BCUT2D eigenvalue weighted by molar-refractivity contribution is -0.142. The highest BCUT2D eigenvalue weighted by Gasteiger charge is 2.31. The van der Waals surface area contributed by atoms with Gasteiger partial charge in [-0.05, 0) is 19.9 Å². The minimum atomic E-state index is -2.15. The SMILES string of the molecule is CCOC(OCC)c1c(Br)cc(F)c([Si](C)(C)C)c1F. The minimum Gasteiger partial charge on any atom is -0.349 e. The molecule has 0 saturated heterocycles. The summed E-state index contributed by atoms with van der Waals surface area (Å²) < 4.78 is 40.1. The summed E-state index contributed by atoms with van der Waals surface area (Å²) in [6.45, 7) is 10.1. The third kappa shape index (κ3) is 3.87. The van der Waals surface area contributed by atoms with Gasteiger partial charge in [0, 0.05) is 22.9 Å². The predicted octanol–water partition coefficient (Wildman–Crippen LogP) is 4.34. The van der Waals surface area contributed by atoms with E-state index in [-0.39, 0.29) is 10.8 Å². The van der Waals surface area contributed by atoms with Crippen LogP contribution in [0.5, 0.6) is 0 Å². The second kappa shape index (κ2) is 7.11. The van der Waals surface area contributed by atoms with E-state index in [0.29, 0.717) is 17.7 Å². The van der Waals surface area contributed by atoms with Gasteiger partial charge in [-0.2, -0.15) is 0 Å². The van der Waals surface area contributed by atoms with E-state index in [0.717, 1.165) is 0 Å². The smallest absolute Gasteiger partial charge is 0.187 e. The molecular weight excluding hydrogens is 346 g/mol. The topological polar surface area (TPSA) is 18.5 Å². The Hall–Kier alpha value is -0.303. The second-order valence-electron chi connectivity index (χ2n) is 5.44. The van der Waals surface area contributed by atoms with Crippen LogP contribution < -0.4 is 5.19 Å². The van der Waals surface area contributed by atoms with Crippen molar-refractivity contribution < 1.29 is 18.3 Å². The maximum absolute atomic E-state index is 14.8. The van der Waals surface area contributed by atoms with E-state index in [2.05, 4.69) is 15.9 Å². The fraction of sp³-hybridized carbons (Fsp3) is 0.571. The zero-order valence-electron chi connectivity index (χ0n) is 12.5. The van der Waals surface area contributed by atoms with Crippen LogP contribution >= 0.6 is 15.9 Å². The molecule has 0 spiro atoms. The van der Waals surface area contributed by atoms with Gasteiger partial charge in [0.05, 0.1) is 13.6 Å². The van der Waals surface area contributed by atoms with Crippen molar-refractivity contribution in [3.8, 4) is 0 Å². The number of benzene rings is 1. The molecule has 20 heavy (non-hydrogen) atoms. The van der Waals surface area contributed by atoms with Crippen LogP contribution in [-0.2, 0) is 9.47 Å². The number of hydrogen-bond acceptors (Lipinski definition) is 2. The lowest BCUT2D eigenvalue weighted by Gasteiger charge is -2.25. The van der Waals surface area contributed by atoms with Gasteiger partial charge < -0.3 is 9.47 Å². The molecule has 1 aromatic carbocycles. The van der Waals surface area contributed by atoms with Crippen LogP contribution in [-0.4, -0.2) is 21.3 Å². The summed E-state index contributed by atoms with van der Waals surface area (Å²) in [6, 6.07) is 1.30. The molecule has 6 heteroatoms. The monoisotopic (exact) mass is 366 g/mol. The molecule has 0 aliphatic carbocycles. The minimum absolute atomic E-state index is 0.181. The van der Waals surface area contributed by atoms with Crippen LogP contribution in [0.3, 0.4) is 0 Å². The van der Waals surface area contributed by atoms with Gasteiger partial charge in [-0.15, -0.1) is 0 Å². The van der Waals surface area contributed by atoms with Crippen molar-refractivity contribution in [3.05, 3.63) is 27.7 Å². The summed E-state index contributed by atoms with van der Waals surface area (Å²) >= 11 is 3.21. The van der Waals surface area contributed by atoms with Crippen molar-refractivity contribution in [2.45, 2.75) is 39.8 Å². The Morgan fingerprint density at radius 1 is 1.15 bits per heavy atom. The first-order chi connectivity index (χ1) is 9.23. The van der Waals surface area contributed by atoms with Gasteiger partial charge in [0.2, 0.25) is 0 Å². The zero-order chi connectivity index (χ0) is 15.5. The maximum atomic E-state index is 14.8. The number of ether oxygens (including phenoxy) is 2. The molecule has 0 aliphatic rings. The van der Waals surface area contributed by atoms with Crippen molar-refractivity contribution in [1.82, 2.24) is 0 Å². The number of halogens is 3. The fourth-order valence-electron chi connectivity index (χ4n) is 2.03. The molecule has 0 fully saturated rings. The van der Waals surface area contributed by atoms with Crippen molar-refractivity contribution in [3.63, 3.8) is 0 Å². The lowest BCUT2D eigenvalue weighted by Crippen LogP contribution is -2.43. The number of hydrogen-bond donors (Lipinski definition) is 0. The van der Waals surface area contributed by atoms with E-state index in [9.17, 15) is 8.78 Å². The fourth-order valence-corrected chi connectivity index (χ4v) is 4.17. The summed E-state index contributed by atoms with van der Waals surface area (Å²) in [7, 11) is -2.15. The molecule has 0 radical (unpaired) electrons. The Morgan fingerprint density at radius 2 is 1.65 bits per heavy atom. The van der Waals surface area contributed by atoms with Gasteiger partial charge in [0.15, 0.2) is 6.29 Å². The van der Waals surface area contributed by atoms with Crippen LogP contribution in [0.2, 0.25) is 19.6 Å². The lowest BCUT2D eigenvalue weighted by atomic mass is 10.2. The van der Waals surface area contributed by atoms with Crippen molar-refractivity contribution in [2.75, 3.05) is 13.2 Å². The summed E-state index contributed by atoms with van der Waals surface area (Å²) in [5.41, 5.74) is 0.243. The Balaban J connectivity index is 3.46. The average molecular weight is 367 g/mol. The highest BCUT2D eigenvalue weighted by Crippen LogP contribution is 2.31. The first-order valence-electron chi connectivity index (χ1n) is 6.65. The quantitative estimate of drug-likeness (QED) is 0.550. The molecule has 0 unspecified atom stereocenters. The van der Waals surface area contributed by atoms with Crippen molar-refractivity contribution >= 4 is 29.2 Å². The zero-order valence-corrected chi connectivity index (χ0v) is 15.1. The summed E-state index contributed by atoms with van der Waals surface area (Å²) in [4.78, 5) is 0. The molecule has 1 aromatic rings. The molecule has 0 amide bonds. The van der Waals surface area contributed by atoms with Crippen LogP contribution in [0.4, 0.5) is 8.78 Å².